The second-order valence-corrected chi connectivity index (χ2v) is 6.90. The van der Waals surface area contributed by atoms with E-state index in [4.69, 9.17) is 23.7 Å². The first-order valence-electron chi connectivity index (χ1n) is 8.78. The average Bonchev–Trinajstić information content (AvgIpc) is 2.70. The molecular formula is C20H24BrNO5. The van der Waals surface area contributed by atoms with Gasteiger partial charge >= 0.3 is 0 Å². The second kappa shape index (κ2) is 9.82. The van der Waals surface area contributed by atoms with E-state index in [2.05, 4.69) is 21.2 Å². The molecule has 0 saturated heterocycles. The molecule has 1 aliphatic rings. The molecule has 0 unspecified atom stereocenters. The summed E-state index contributed by atoms with van der Waals surface area (Å²) < 4.78 is 28.6. The quantitative estimate of drug-likeness (QED) is 0.605. The standard InChI is InChI=1S/C20H24BrNO5/c1-23-6-5-22-12-15-9-16(21)20(19(11-15)24-2)27-13-14-3-4-17-18(10-14)26-8-7-25-17/h3-4,9-11,22H,5-8,12-13H2,1-2H3. The molecule has 1 aliphatic heterocycles. The number of fused-ring (bicyclic) bond motifs is 1. The van der Waals surface area contributed by atoms with Gasteiger partial charge in [0.15, 0.2) is 23.0 Å². The Kier molecular flexibility index (Phi) is 7.20. The molecule has 0 fully saturated rings. The molecule has 6 nitrogen and oxygen atoms in total. The molecule has 3 rings (SSSR count). The zero-order valence-electron chi connectivity index (χ0n) is 15.5. The maximum Gasteiger partial charge on any atom is 0.175 e. The van der Waals surface area contributed by atoms with E-state index < -0.39 is 0 Å². The summed E-state index contributed by atoms with van der Waals surface area (Å²) in [5.74, 6) is 2.89. The number of nitrogens with one attached hydrogen (secondary N) is 1. The topological polar surface area (TPSA) is 58.2 Å². The fourth-order valence-corrected chi connectivity index (χ4v) is 3.36. The minimum atomic E-state index is 0.400. The molecule has 0 radical (unpaired) electrons. The molecule has 0 saturated carbocycles. The van der Waals surface area contributed by atoms with Crippen molar-refractivity contribution < 1.29 is 23.7 Å². The van der Waals surface area contributed by atoms with E-state index in [1.165, 1.54) is 0 Å². The largest absolute Gasteiger partial charge is 0.493 e. The van der Waals surface area contributed by atoms with Crippen LogP contribution in [0.15, 0.2) is 34.8 Å². The van der Waals surface area contributed by atoms with Gasteiger partial charge in [-0.25, -0.2) is 0 Å². The van der Waals surface area contributed by atoms with Crippen LogP contribution in [0.5, 0.6) is 23.0 Å². The fourth-order valence-electron chi connectivity index (χ4n) is 2.76. The van der Waals surface area contributed by atoms with E-state index >= 15 is 0 Å². The molecule has 1 heterocycles. The lowest BCUT2D eigenvalue weighted by Crippen LogP contribution is -2.18. The third-order valence-corrected chi connectivity index (χ3v) is 4.68. The van der Waals surface area contributed by atoms with Gasteiger partial charge in [0.25, 0.3) is 0 Å². The first-order chi connectivity index (χ1) is 13.2. The van der Waals surface area contributed by atoms with Crippen LogP contribution in [-0.2, 0) is 17.9 Å². The van der Waals surface area contributed by atoms with E-state index in [-0.39, 0.29) is 0 Å². The zero-order valence-corrected chi connectivity index (χ0v) is 17.1. The molecule has 7 heteroatoms. The number of benzene rings is 2. The number of rotatable bonds is 9. The van der Waals surface area contributed by atoms with Crippen LogP contribution in [-0.4, -0.2) is 40.6 Å². The van der Waals surface area contributed by atoms with E-state index in [1.54, 1.807) is 14.2 Å². The molecular weight excluding hydrogens is 414 g/mol. The maximum absolute atomic E-state index is 6.03. The summed E-state index contributed by atoms with van der Waals surface area (Å²) >= 11 is 3.59. The molecule has 0 bridgehead atoms. The highest BCUT2D eigenvalue weighted by Gasteiger charge is 2.14. The Labute approximate surface area is 167 Å². The van der Waals surface area contributed by atoms with Gasteiger partial charge in [-0.15, -0.1) is 0 Å². The molecule has 1 N–H and O–H groups in total. The lowest BCUT2D eigenvalue weighted by atomic mass is 10.2. The monoisotopic (exact) mass is 437 g/mol. The molecule has 0 aliphatic carbocycles. The van der Waals surface area contributed by atoms with Gasteiger partial charge < -0.3 is 29.0 Å². The van der Waals surface area contributed by atoms with E-state index in [9.17, 15) is 0 Å². The van der Waals surface area contributed by atoms with Gasteiger partial charge in [-0.05, 0) is 51.3 Å². The predicted octanol–water partition coefficient (Wildman–Crippen LogP) is 3.54. The van der Waals surface area contributed by atoms with Crippen molar-refractivity contribution in [3.8, 4) is 23.0 Å². The lowest BCUT2D eigenvalue weighted by molar-refractivity contribution is 0.171. The molecule has 0 amide bonds. The van der Waals surface area contributed by atoms with Crippen molar-refractivity contribution in [2.24, 2.45) is 0 Å². The second-order valence-electron chi connectivity index (χ2n) is 6.05. The summed E-state index contributed by atoms with van der Waals surface area (Å²) in [4.78, 5) is 0. The van der Waals surface area contributed by atoms with Gasteiger partial charge in [0, 0.05) is 20.2 Å². The number of halogens is 1. The minimum Gasteiger partial charge on any atom is -0.493 e. The van der Waals surface area contributed by atoms with Crippen LogP contribution in [0.3, 0.4) is 0 Å². The van der Waals surface area contributed by atoms with Gasteiger partial charge in [0.05, 0.1) is 18.2 Å². The van der Waals surface area contributed by atoms with Crippen LogP contribution in [0.4, 0.5) is 0 Å². The Morgan fingerprint density at radius 1 is 1.04 bits per heavy atom. The first-order valence-corrected chi connectivity index (χ1v) is 9.58. The van der Waals surface area contributed by atoms with Gasteiger partial charge in [-0.3, -0.25) is 0 Å². The van der Waals surface area contributed by atoms with Crippen LogP contribution < -0.4 is 24.3 Å². The van der Waals surface area contributed by atoms with Crippen molar-refractivity contribution in [2.75, 3.05) is 40.6 Å². The van der Waals surface area contributed by atoms with Crippen molar-refractivity contribution >= 4 is 15.9 Å². The molecule has 146 valence electrons. The Balaban J connectivity index is 1.67. The Hall–Kier alpha value is -1.96. The molecule has 0 spiro atoms. The van der Waals surface area contributed by atoms with E-state index in [0.717, 1.165) is 40.2 Å². The summed E-state index contributed by atoms with van der Waals surface area (Å²) in [6.45, 7) is 3.74. The molecule has 2 aromatic carbocycles. The smallest absolute Gasteiger partial charge is 0.175 e. The highest BCUT2D eigenvalue weighted by molar-refractivity contribution is 9.10. The summed E-state index contributed by atoms with van der Waals surface area (Å²) in [6.07, 6.45) is 0. The Morgan fingerprint density at radius 3 is 2.63 bits per heavy atom. The number of ether oxygens (including phenoxy) is 5. The van der Waals surface area contributed by atoms with Gasteiger partial charge in [-0.2, -0.15) is 0 Å². The summed E-state index contributed by atoms with van der Waals surface area (Å²) in [6, 6.07) is 9.84. The van der Waals surface area contributed by atoms with E-state index in [0.29, 0.717) is 37.9 Å². The van der Waals surface area contributed by atoms with Crippen LogP contribution >= 0.6 is 15.9 Å². The van der Waals surface area contributed by atoms with Crippen LogP contribution in [0.1, 0.15) is 11.1 Å². The first kappa shape index (κ1) is 19.8. The van der Waals surface area contributed by atoms with E-state index in [1.807, 2.05) is 30.3 Å². The van der Waals surface area contributed by atoms with Crippen LogP contribution in [0.2, 0.25) is 0 Å². The third-order valence-electron chi connectivity index (χ3n) is 4.09. The molecule has 2 aromatic rings. The highest BCUT2D eigenvalue weighted by atomic mass is 79.9. The van der Waals surface area contributed by atoms with Crippen LogP contribution in [0, 0.1) is 0 Å². The molecule has 0 aromatic heterocycles. The van der Waals surface area contributed by atoms with Gasteiger partial charge in [0.2, 0.25) is 0 Å². The summed E-state index contributed by atoms with van der Waals surface area (Å²) in [7, 11) is 3.33. The van der Waals surface area contributed by atoms with Crippen LogP contribution in [0.25, 0.3) is 0 Å². The maximum atomic E-state index is 6.03. The zero-order chi connectivity index (χ0) is 19.1. The van der Waals surface area contributed by atoms with Crippen molar-refractivity contribution in [3.05, 3.63) is 45.9 Å². The average molecular weight is 438 g/mol. The molecule has 27 heavy (non-hydrogen) atoms. The molecule has 0 atom stereocenters. The van der Waals surface area contributed by atoms with Gasteiger partial charge in [-0.1, -0.05) is 6.07 Å². The third kappa shape index (κ3) is 5.28. The Morgan fingerprint density at radius 2 is 1.85 bits per heavy atom. The van der Waals surface area contributed by atoms with Crippen molar-refractivity contribution in [3.63, 3.8) is 0 Å². The lowest BCUT2D eigenvalue weighted by Gasteiger charge is -2.19. The minimum absolute atomic E-state index is 0.400. The van der Waals surface area contributed by atoms with Gasteiger partial charge in [0.1, 0.15) is 19.8 Å². The summed E-state index contributed by atoms with van der Waals surface area (Å²) in [5, 5.41) is 3.32. The fraction of sp³-hybridized carbons (Fsp3) is 0.400. The number of methoxy groups -OCH3 is 2. The number of hydrogen-bond donors (Lipinski definition) is 1. The normalized spacial score (nSPS) is 12.7. The predicted molar refractivity (Wildman–Crippen MR) is 106 cm³/mol. The van der Waals surface area contributed by atoms with Crippen molar-refractivity contribution in [1.82, 2.24) is 5.32 Å². The summed E-state index contributed by atoms with van der Waals surface area (Å²) in [5.41, 5.74) is 2.10. The Bertz CT molecular complexity index is 768. The highest BCUT2D eigenvalue weighted by Crippen LogP contribution is 2.38. The van der Waals surface area contributed by atoms with Crippen molar-refractivity contribution in [2.45, 2.75) is 13.2 Å². The van der Waals surface area contributed by atoms with Crippen molar-refractivity contribution in [1.29, 1.82) is 0 Å². The number of hydrogen-bond acceptors (Lipinski definition) is 6. The SMILES string of the molecule is COCCNCc1cc(Br)c(OCc2ccc3c(c2)OCCO3)c(OC)c1.